The van der Waals surface area contributed by atoms with E-state index in [-0.39, 0.29) is 11.4 Å². The average molecular weight is 235 g/mol. The van der Waals surface area contributed by atoms with Crippen LogP contribution in [0.4, 0.5) is 0 Å². The van der Waals surface area contributed by atoms with Crippen molar-refractivity contribution in [2.24, 2.45) is 5.73 Å². The molecule has 0 unspecified atom stereocenters. The Labute approximate surface area is 88.1 Å². The van der Waals surface area contributed by atoms with Crippen LogP contribution in [0.3, 0.4) is 0 Å². The van der Waals surface area contributed by atoms with Crippen molar-refractivity contribution in [3.8, 4) is 0 Å². The molecule has 1 aromatic carbocycles. The minimum atomic E-state index is -3.41. The number of halogens is 1. The number of hydrogen-bond donors (Lipinski definition) is 2. The fourth-order valence-electron chi connectivity index (χ4n) is 0.993. The van der Waals surface area contributed by atoms with Crippen LogP contribution in [-0.4, -0.2) is 15.5 Å². The van der Waals surface area contributed by atoms with Gasteiger partial charge in [-0.2, -0.15) is 0 Å². The highest BCUT2D eigenvalue weighted by molar-refractivity contribution is 7.89. The van der Waals surface area contributed by atoms with Gasteiger partial charge in [-0.1, -0.05) is 11.6 Å². The first-order valence-corrected chi connectivity index (χ1v) is 5.79. The molecule has 4 nitrogen and oxygen atoms in total. The molecule has 0 saturated carbocycles. The molecule has 0 aliphatic heterocycles. The van der Waals surface area contributed by atoms with Crippen molar-refractivity contribution in [2.45, 2.75) is 11.4 Å². The van der Waals surface area contributed by atoms with E-state index in [4.69, 9.17) is 17.3 Å². The van der Waals surface area contributed by atoms with E-state index in [1.807, 2.05) is 0 Å². The van der Waals surface area contributed by atoms with Crippen LogP contribution >= 0.6 is 11.6 Å². The lowest BCUT2D eigenvalue weighted by Gasteiger charge is -2.05. The topological polar surface area (TPSA) is 72.2 Å². The summed E-state index contributed by atoms with van der Waals surface area (Å²) in [6, 6.07) is 4.43. The molecule has 3 N–H and O–H groups in total. The summed E-state index contributed by atoms with van der Waals surface area (Å²) in [7, 11) is -2.06. The van der Waals surface area contributed by atoms with Crippen LogP contribution in [0, 0.1) is 0 Å². The van der Waals surface area contributed by atoms with Crippen molar-refractivity contribution in [3.05, 3.63) is 28.8 Å². The first-order valence-electron chi connectivity index (χ1n) is 3.93. The predicted molar refractivity (Wildman–Crippen MR) is 55.6 cm³/mol. The van der Waals surface area contributed by atoms with E-state index in [0.717, 1.165) is 0 Å². The lowest BCUT2D eigenvalue weighted by Crippen LogP contribution is -2.18. The van der Waals surface area contributed by atoms with Gasteiger partial charge >= 0.3 is 0 Å². The lowest BCUT2D eigenvalue weighted by atomic mass is 10.2. The molecule has 0 spiro atoms. The van der Waals surface area contributed by atoms with Crippen LogP contribution in [0.15, 0.2) is 23.1 Å². The van der Waals surface area contributed by atoms with Crippen molar-refractivity contribution < 1.29 is 8.42 Å². The van der Waals surface area contributed by atoms with Gasteiger partial charge < -0.3 is 5.73 Å². The van der Waals surface area contributed by atoms with Crippen LogP contribution < -0.4 is 10.5 Å². The Kier molecular flexibility index (Phi) is 3.49. The van der Waals surface area contributed by atoms with Crippen LogP contribution in [0.2, 0.25) is 5.02 Å². The van der Waals surface area contributed by atoms with E-state index >= 15 is 0 Å². The van der Waals surface area contributed by atoms with Crippen molar-refractivity contribution in [3.63, 3.8) is 0 Å². The van der Waals surface area contributed by atoms with Crippen molar-refractivity contribution in [2.75, 3.05) is 7.05 Å². The molecule has 0 bridgehead atoms. The minimum Gasteiger partial charge on any atom is -0.326 e. The smallest absolute Gasteiger partial charge is 0.240 e. The summed E-state index contributed by atoms with van der Waals surface area (Å²) >= 11 is 5.79. The summed E-state index contributed by atoms with van der Waals surface area (Å²) < 4.78 is 25.0. The molecule has 0 aromatic heterocycles. The Morgan fingerprint density at radius 1 is 1.50 bits per heavy atom. The third kappa shape index (κ3) is 2.24. The summed E-state index contributed by atoms with van der Waals surface area (Å²) in [6.07, 6.45) is 0. The largest absolute Gasteiger partial charge is 0.326 e. The van der Waals surface area contributed by atoms with Crippen molar-refractivity contribution in [1.82, 2.24) is 4.72 Å². The second kappa shape index (κ2) is 4.27. The molecule has 0 aliphatic carbocycles. The minimum absolute atomic E-state index is 0.171. The molecule has 0 atom stereocenters. The van der Waals surface area contributed by atoms with Gasteiger partial charge in [0, 0.05) is 11.6 Å². The van der Waals surface area contributed by atoms with Crippen LogP contribution in [0.1, 0.15) is 5.56 Å². The Morgan fingerprint density at radius 3 is 2.64 bits per heavy atom. The zero-order chi connectivity index (χ0) is 10.8. The number of sulfonamides is 1. The number of rotatable bonds is 3. The normalized spacial score (nSPS) is 11.6. The standard InChI is InChI=1S/C8H11ClN2O2S/c1-11-14(12,13)7-2-3-8(9)6(4-7)5-10/h2-4,11H,5,10H2,1H3. The van der Waals surface area contributed by atoms with Crippen molar-refractivity contribution in [1.29, 1.82) is 0 Å². The number of hydrogen-bond acceptors (Lipinski definition) is 3. The van der Waals surface area contributed by atoms with E-state index in [1.54, 1.807) is 0 Å². The van der Waals surface area contributed by atoms with E-state index in [2.05, 4.69) is 4.72 Å². The molecule has 14 heavy (non-hydrogen) atoms. The highest BCUT2D eigenvalue weighted by Gasteiger charge is 2.12. The average Bonchev–Trinajstić information content (AvgIpc) is 2.18. The first kappa shape index (κ1) is 11.5. The van der Waals surface area contributed by atoms with Gasteiger partial charge in [0.2, 0.25) is 10.0 Å². The summed E-state index contributed by atoms with van der Waals surface area (Å²) in [5, 5.41) is 0.475. The summed E-state index contributed by atoms with van der Waals surface area (Å²) in [5.41, 5.74) is 6.02. The van der Waals surface area contributed by atoms with Gasteiger partial charge in [-0.15, -0.1) is 0 Å². The van der Waals surface area contributed by atoms with Gasteiger partial charge in [-0.3, -0.25) is 0 Å². The zero-order valence-electron chi connectivity index (χ0n) is 7.62. The molecule has 1 aromatic rings. The molecule has 78 valence electrons. The number of nitrogens with two attached hydrogens (primary N) is 1. The van der Waals surface area contributed by atoms with E-state index in [0.29, 0.717) is 10.6 Å². The van der Waals surface area contributed by atoms with Crippen LogP contribution in [-0.2, 0) is 16.6 Å². The molecule has 6 heteroatoms. The van der Waals surface area contributed by atoms with E-state index in [1.165, 1.54) is 25.2 Å². The Bertz CT molecular complexity index is 431. The third-order valence-electron chi connectivity index (χ3n) is 1.82. The van der Waals surface area contributed by atoms with Gasteiger partial charge in [0.25, 0.3) is 0 Å². The molecule has 0 aliphatic rings. The molecular formula is C8H11ClN2O2S. The Hall–Kier alpha value is -0.620. The quantitative estimate of drug-likeness (QED) is 0.809. The maximum Gasteiger partial charge on any atom is 0.240 e. The second-order valence-electron chi connectivity index (χ2n) is 2.66. The van der Waals surface area contributed by atoms with E-state index < -0.39 is 10.0 Å². The molecular weight excluding hydrogens is 224 g/mol. The second-order valence-corrected chi connectivity index (χ2v) is 4.96. The lowest BCUT2D eigenvalue weighted by molar-refractivity contribution is 0.588. The predicted octanol–water partition coefficient (Wildman–Crippen LogP) is 0.707. The number of nitrogens with one attached hydrogen (secondary N) is 1. The molecule has 0 fully saturated rings. The van der Waals surface area contributed by atoms with Crippen LogP contribution in [0.5, 0.6) is 0 Å². The van der Waals surface area contributed by atoms with Gasteiger partial charge in [0.1, 0.15) is 0 Å². The van der Waals surface area contributed by atoms with Gasteiger partial charge in [-0.25, -0.2) is 13.1 Å². The van der Waals surface area contributed by atoms with Gasteiger partial charge in [0.15, 0.2) is 0 Å². The molecule has 0 amide bonds. The van der Waals surface area contributed by atoms with Crippen molar-refractivity contribution >= 4 is 21.6 Å². The maximum absolute atomic E-state index is 11.4. The highest BCUT2D eigenvalue weighted by atomic mass is 35.5. The first-order chi connectivity index (χ1) is 6.51. The summed E-state index contributed by atoms with van der Waals surface area (Å²) in [4.78, 5) is 0.171. The Morgan fingerprint density at radius 2 is 2.14 bits per heavy atom. The summed E-state index contributed by atoms with van der Waals surface area (Å²) in [6.45, 7) is 0.214. The highest BCUT2D eigenvalue weighted by Crippen LogP contribution is 2.19. The fraction of sp³-hybridized carbons (Fsp3) is 0.250. The fourth-order valence-corrected chi connectivity index (χ4v) is 1.97. The maximum atomic E-state index is 11.4. The molecule has 0 heterocycles. The SMILES string of the molecule is CNS(=O)(=O)c1ccc(Cl)c(CN)c1. The van der Waals surface area contributed by atoms with E-state index in [9.17, 15) is 8.42 Å². The van der Waals surface area contributed by atoms with Crippen LogP contribution in [0.25, 0.3) is 0 Å². The third-order valence-corrected chi connectivity index (χ3v) is 3.60. The molecule has 0 saturated heterocycles. The molecule has 1 rings (SSSR count). The molecule has 0 radical (unpaired) electrons. The zero-order valence-corrected chi connectivity index (χ0v) is 9.19. The Balaban J connectivity index is 3.26. The number of benzene rings is 1. The summed E-state index contributed by atoms with van der Waals surface area (Å²) in [5.74, 6) is 0. The van der Waals surface area contributed by atoms with Gasteiger partial charge in [0.05, 0.1) is 4.90 Å². The van der Waals surface area contributed by atoms with Gasteiger partial charge in [-0.05, 0) is 30.8 Å². The monoisotopic (exact) mass is 234 g/mol.